The number of aryl methyl sites for hydroxylation is 1. The molecule has 2 aromatic carbocycles. The van der Waals surface area contributed by atoms with Crippen molar-refractivity contribution in [2.45, 2.75) is 11.8 Å². The minimum absolute atomic E-state index is 0.166. The van der Waals surface area contributed by atoms with E-state index in [-0.39, 0.29) is 5.75 Å². The van der Waals surface area contributed by atoms with E-state index in [1.165, 1.54) is 11.3 Å². The van der Waals surface area contributed by atoms with Crippen LogP contribution in [0.3, 0.4) is 0 Å². The van der Waals surface area contributed by atoms with Crippen LogP contribution in [0, 0.1) is 6.92 Å². The fraction of sp³-hybridized carbons (Fsp3) is 0.368. The van der Waals surface area contributed by atoms with E-state index in [1.807, 2.05) is 0 Å². The number of rotatable bonds is 5. The van der Waals surface area contributed by atoms with Gasteiger partial charge in [0.05, 0.1) is 10.6 Å². The summed E-state index contributed by atoms with van der Waals surface area (Å²) in [6.45, 7) is 6.37. The standard InChI is InChI=1S/C19H23BrN2O2S/c1-16-4-2-3-5-19(16)22-12-10-21(11-13-22)14-15-25(23,24)18-8-6-17(20)7-9-18/h2-9H,10-15H2,1H3. The van der Waals surface area contributed by atoms with E-state index in [0.717, 1.165) is 30.7 Å². The molecule has 0 N–H and O–H groups in total. The van der Waals surface area contributed by atoms with E-state index >= 15 is 0 Å². The Bertz CT molecular complexity index is 814. The monoisotopic (exact) mass is 422 g/mol. The highest BCUT2D eigenvalue weighted by Gasteiger charge is 2.21. The summed E-state index contributed by atoms with van der Waals surface area (Å²) in [6.07, 6.45) is 0. The average molecular weight is 423 g/mol. The summed E-state index contributed by atoms with van der Waals surface area (Å²) in [4.78, 5) is 5.02. The van der Waals surface area contributed by atoms with Gasteiger partial charge in [0.15, 0.2) is 9.84 Å². The van der Waals surface area contributed by atoms with Crippen LogP contribution in [0.2, 0.25) is 0 Å². The fourth-order valence-electron chi connectivity index (χ4n) is 3.14. The van der Waals surface area contributed by atoms with Crippen molar-refractivity contribution in [2.75, 3.05) is 43.4 Å². The zero-order chi connectivity index (χ0) is 17.9. The zero-order valence-corrected chi connectivity index (χ0v) is 16.8. The molecular weight excluding hydrogens is 400 g/mol. The first-order valence-corrected chi connectivity index (χ1v) is 10.9. The Kier molecular flexibility index (Phi) is 5.81. The lowest BCUT2D eigenvalue weighted by molar-refractivity contribution is 0.272. The summed E-state index contributed by atoms with van der Waals surface area (Å²) in [5, 5.41) is 0. The van der Waals surface area contributed by atoms with Gasteiger partial charge < -0.3 is 4.90 Å². The predicted molar refractivity (Wildman–Crippen MR) is 106 cm³/mol. The Balaban J connectivity index is 1.54. The molecule has 1 saturated heterocycles. The van der Waals surface area contributed by atoms with Gasteiger partial charge in [-0.15, -0.1) is 0 Å². The zero-order valence-electron chi connectivity index (χ0n) is 14.4. The van der Waals surface area contributed by atoms with E-state index in [9.17, 15) is 8.42 Å². The third-order valence-corrected chi connectivity index (χ3v) is 6.92. The molecule has 0 radical (unpaired) electrons. The van der Waals surface area contributed by atoms with Crippen LogP contribution in [0.4, 0.5) is 5.69 Å². The molecule has 134 valence electrons. The van der Waals surface area contributed by atoms with Gasteiger partial charge in [0, 0.05) is 42.9 Å². The van der Waals surface area contributed by atoms with Gasteiger partial charge in [0.25, 0.3) is 0 Å². The molecule has 0 atom stereocenters. The van der Waals surface area contributed by atoms with Crippen molar-refractivity contribution in [2.24, 2.45) is 0 Å². The van der Waals surface area contributed by atoms with Crippen molar-refractivity contribution in [1.82, 2.24) is 4.90 Å². The summed E-state index contributed by atoms with van der Waals surface area (Å²) >= 11 is 3.34. The molecular formula is C19H23BrN2O2S. The van der Waals surface area contributed by atoms with Crippen LogP contribution in [0.5, 0.6) is 0 Å². The number of para-hydroxylation sites is 1. The summed E-state index contributed by atoms with van der Waals surface area (Å²) in [5.74, 6) is 0.166. The van der Waals surface area contributed by atoms with Crippen LogP contribution in [-0.4, -0.2) is 51.8 Å². The molecule has 4 nitrogen and oxygen atoms in total. The second-order valence-corrected chi connectivity index (χ2v) is 9.41. The number of sulfone groups is 1. The van der Waals surface area contributed by atoms with Crippen LogP contribution < -0.4 is 4.90 Å². The molecule has 1 heterocycles. The van der Waals surface area contributed by atoms with Gasteiger partial charge in [-0.25, -0.2) is 8.42 Å². The molecule has 2 aromatic rings. The van der Waals surface area contributed by atoms with Gasteiger partial charge in [0.2, 0.25) is 0 Å². The fourth-order valence-corrected chi connectivity index (χ4v) is 4.69. The Morgan fingerprint density at radius 1 is 0.960 bits per heavy atom. The van der Waals surface area contributed by atoms with Crippen molar-refractivity contribution in [3.8, 4) is 0 Å². The molecule has 0 saturated carbocycles. The first kappa shape index (κ1) is 18.4. The predicted octanol–water partition coefficient (Wildman–Crippen LogP) is 3.35. The number of anilines is 1. The molecule has 0 bridgehead atoms. The second kappa shape index (κ2) is 7.89. The molecule has 1 fully saturated rings. The molecule has 6 heteroatoms. The molecule has 0 aliphatic carbocycles. The van der Waals surface area contributed by atoms with E-state index < -0.39 is 9.84 Å². The molecule has 0 unspecified atom stereocenters. The Morgan fingerprint density at radius 2 is 1.60 bits per heavy atom. The number of hydrogen-bond acceptors (Lipinski definition) is 4. The van der Waals surface area contributed by atoms with Gasteiger partial charge in [-0.1, -0.05) is 34.1 Å². The molecule has 0 spiro atoms. The molecule has 3 rings (SSSR count). The third kappa shape index (κ3) is 4.63. The van der Waals surface area contributed by atoms with E-state index in [1.54, 1.807) is 24.3 Å². The number of halogens is 1. The first-order valence-electron chi connectivity index (χ1n) is 8.47. The van der Waals surface area contributed by atoms with E-state index in [2.05, 4.69) is 56.9 Å². The van der Waals surface area contributed by atoms with E-state index in [0.29, 0.717) is 11.4 Å². The van der Waals surface area contributed by atoms with Gasteiger partial charge in [-0.2, -0.15) is 0 Å². The van der Waals surface area contributed by atoms with Gasteiger partial charge in [-0.05, 0) is 42.8 Å². The smallest absolute Gasteiger partial charge is 0.179 e. The number of hydrogen-bond donors (Lipinski definition) is 0. The quantitative estimate of drug-likeness (QED) is 0.740. The van der Waals surface area contributed by atoms with Gasteiger partial charge >= 0.3 is 0 Å². The lowest BCUT2D eigenvalue weighted by Gasteiger charge is -2.36. The molecule has 25 heavy (non-hydrogen) atoms. The van der Waals surface area contributed by atoms with Crippen molar-refractivity contribution < 1.29 is 8.42 Å². The Hall–Kier alpha value is -1.37. The van der Waals surface area contributed by atoms with Crippen molar-refractivity contribution >= 4 is 31.5 Å². The highest BCUT2D eigenvalue weighted by atomic mass is 79.9. The first-order chi connectivity index (χ1) is 12.0. The minimum atomic E-state index is -3.22. The number of benzene rings is 2. The summed E-state index contributed by atoms with van der Waals surface area (Å²) in [7, 11) is -3.22. The van der Waals surface area contributed by atoms with Crippen LogP contribution in [0.15, 0.2) is 57.9 Å². The molecule has 1 aliphatic rings. The maximum absolute atomic E-state index is 12.5. The largest absolute Gasteiger partial charge is 0.369 e. The third-order valence-electron chi connectivity index (χ3n) is 4.68. The Morgan fingerprint density at radius 3 is 2.24 bits per heavy atom. The van der Waals surface area contributed by atoms with Crippen LogP contribution in [0.25, 0.3) is 0 Å². The SMILES string of the molecule is Cc1ccccc1N1CCN(CCS(=O)(=O)c2ccc(Br)cc2)CC1. The molecule has 0 aromatic heterocycles. The Labute approximate surface area is 158 Å². The maximum Gasteiger partial charge on any atom is 0.179 e. The van der Waals surface area contributed by atoms with Crippen LogP contribution in [0.1, 0.15) is 5.56 Å². The number of piperazine rings is 1. The number of nitrogens with zero attached hydrogens (tertiary/aromatic N) is 2. The lowest BCUT2D eigenvalue weighted by Crippen LogP contribution is -2.47. The van der Waals surface area contributed by atoms with Gasteiger partial charge in [0.1, 0.15) is 0 Å². The summed E-state index contributed by atoms with van der Waals surface area (Å²) in [6, 6.07) is 15.3. The topological polar surface area (TPSA) is 40.6 Å². The van der Waals surface area contributed by atoms with E-state index in [4.69, 9.17) is 0 Å². The molecule has 0 amide bonds. The van der Waals surface area contributed by atoms with Crippen LogP contribution >= 0.6 is 15.9 Å². The molecule has 1 aliphatic heterocycles. The normalized spacial score (nSPS) is 16.2. The van der Waals surface area contributed by atoms with Crippen molar-refractivity contribution in [3.05, 3.63) is 58.6 Å². The highest BCUT2D eigenvalue weighted by molar-refractivity contribution is 9.10. The van der Waals surface area contributed by atoms with Crippen molar-refractivity contribution in [3.63, 3.8) is 0 Å². The minimum Gasteiger partial charge on any atom is -0.369 e. The lowest BCUT2D eigenvalue weighted by atomic mass is 10.1. The maximum atomic E-state index is 12.5. The highest BCUT2D eigenvalue weighted by Crippen LogP contribution is 2.21. The van der Waals surface area contributed by atoms with Crippen LogP contribution in [-0.2, 0) is 9.84 Å². The summed E-state index contributed by atoms with van der Waals surface area (Å²) in [5.41, 5.74) is 2.57. The van der Waals surface area contributed by atoms with Gasteiger partial charge in [-0.3, -0.25) is 4.90 Å². The van der Waals surface area contributed by atoms with Crippen molar-refractivity contribution in [1.29, 1.82) is 0 Å². The second-order valence-electron chi connectivity index (χ2n) is 6.39. The average Bonchev–Trinajstić information content (AvgIpc) is 2.61. The summed E-state index contributed by atoms with van der Waals surface area (Å²) < 4.78 is 25.8.